The molecule has 0 amide bonds. The highest BCUT2D eigenvalue weighted by Crippen LogP contribution is 2.16. The van der Waals surface area contributed by atoms with E-state index in [0.29, 0.717) is 12.8 Å². The van der Waals surface area contributed by atoms with Crippen molar-refractivity contribution in [3.63, 3.8) is 0 Å². The molecule has 0 rings (SSSR count). The first-order valence-corrected chi connectivity index (χ1v) is 8.61. The average molecular weight is 324 g/mol. The van der Waals surface area contributed by atoms with Crippen LogP contribution in [0.25, 0.3) is 0 Å². The Morgan fingerprint density at radius 2 is 1.57 bits per heavy atom. The zero-order valence-corrected chi connectivity index (χ0v) is 13.3. The SMILES string of the molecule is CCCCC(CCCC)OC(=O)C(CC(=O)O)S(=O)(=O)O. The minimum absolute atomic E-state index is 0.449. The second kappa shape index (κ2) is 9.73. The van der Waals surface area contributed by atoms with E-state index in [0.717, 1.165) is 25.7 Å². The van der Waals surface area contributed by atoms with Crippen molar-refractivity contribution in [1.29, 1.82) is 0 Å². The average Bonchev–Trinajstić information content (AvgIpc) is 2.37. The molecule has 0 bridgehead atoms. The van der Waals surface area contributed by atoms with Crippen molar-refractivity contribution in [3.8, 4) is 0 Å². The number of hydrogen-bond donors (Lipinski definition) is 2. The summed E-state index contributed by atoms with van der Waals surface area (Å²) < 4.78 is 36.3. The molecular formula is C13H24O7S. The fourth-order valence-electron chi connectivity index (χ4n) is 1.83. The van der Waals surface area contributed by atoms with Crippen LogP contribution in [0.4, 0.5) is 0 Å². The van der Waals surface area contributed by atoms with Gasteiger partial charge in [-0.25, -0.2) is 0 Å². The van der Waals surface area contributed by atoms with Crippen LogP contribution in [-0.4, -0.2) is 41.4 Å². The molecule has 7 nitrogen and oxygen atoms in total. The van der Waals surface area contributed by atoms with Gasteiger partial charge in [-0.15, -0.1) is 0 Å². The Labute approximate surface area is 125 Å². The molecule has 0 saturated carbocycles. The van der Waals surface area contributed by atoms with E-state index in [1.807, 2.05) is 13.8 Å². The van der Waals surface area contributed by atoms with Crippen LogP contribution in [0.1, 0.15) is 58.8 Å². The number of unbranched alkanes of at least 4 members (excludes halogenated alkanes) is 2. The maximum atomic E-state index is 11.8. The van der Waals surface area contributed by atoms with Crippen LogP contribution in [0, 0.1) is 0 Å². The van der Waals surface area contributed by atoms with Gasteiger partial charge in [-0.2, -0.15) is 8.42 Å². The van der Waals surface area contributed by atoms with Crippen molar-refractivity contribution in [2.24, 2.45) is 0 Å². The van der Waals surface area contributed by atoms with Gasteiger partial charge in [-0.05, 0) is 12.8 Å². The number of aliphatic carboxylic acids is 1. The number of hydrogen-bond acceptors (Lipinski definition) is 5. The molecule has 0 saturated heterocycles. The Bertz CT molecular complexity index is 422. The number of rotatable bonds is 11. The normalized spacial score (nSPS) is 13.1. The van der Waals surface area contributed by atoms with Gasteiger partial charge < -0.3 is 9.84 Å². The first-order chi connectivity index (χ1) is 9.72. The van der Waals surface area contributed by atoms with E-state index in [-0.39, 0.29) is 0 Å². The van der Waals surface area contributed by atoms with Crippen molar-refractivity contribution < 1.29 is 32.4 Å². The second-order valence-corrected chi connectivity index (χ2v) is 6.54. The number of esters is 1. The summed E-state index contributed by atoms with van der Waals surface area (Å²) in [5.74, 6) is -2.69. The van der Waals surface area contributed by atoms with Crippen molar-refractivity contribution in [1.82, 2.24) is 0 Å². The van der Waals surface area contributed by atoms with Gasteiger partial charge in [0.05, 0.1) is 6.42 Å². The second-order valence-electron chi connectivity index (χ2n) is 4.94. The van der Waals surface area contributed by atoms with Crippen LogP contribution in [0.3, 0.4) is 0 Å². The molecular weight excluding hydrogens is 300 g/mol. The third-order valence-corrected chi connectivity index (χ3v) is 4.10. The van der Waals surface area contributed by atoms with Gasteiger partial charge in [0.15, 0.2) is 5.25 Å². The molecule has 0 aliphatic rings. The van der Waals surface area contributed by atoms with Crippen LogP contribution >= 0.6 is 0 Å². The molecule has 0 spiro atoms. The fraction of sp³-hybridized carbons (Fsp3) is 0.846. The molecule has 0 aromatic rings. The van der Waals surface area contributed by atoms with E-state index < -0.39 is 39.8 Å². The highest BCUT2D eigenvalue weighted by atomic mass is 32.2. The van der Waals surface area contributed by atoms with Gasteiger partial charge in [0.1, 0.15) is 6.10 Å². The molecule has 21 heavy (non-hydrogen) atoms. The molecule has 0 heterocycles. The lowest BCUT2D eigenvalue weighted by atomic mass is 10.1. The topological polar surface area (TPSA) is 118 Å². The summed E-state index contributed by atoms with van der Waals surface area (Å²) in [7, 11) is -4.80. The van der Waals surface area contributed by atoms with E-state index in [2.05, 4.69) is 0 Å². The predicted molar refractivity (Wildman–Crippen MR) is 76.5 cm³/mol. The van der Waals surface area contributed by atoms with E-state index in [1.54, 1.807) is 0 Å². The van der Waals surface area contributed by atoms with Gasteiger partial charge in [0, 0.05) is 0 Å². The van der Waals surface area contributed by atoms with E-state index in [4.69, 9.17) is 14.4 Å². The molecule has 0 aromatic heterocycles. The zero-order valence-electron chi connectivity index (χ0n) is 12.4. The van der Waals surface area contributed by atoms with Crippen molar-refractivity contribution >= 4 is 22.1 Å². The number of carboxylic acids is 1. The molecule has 0 aliphatic heterocycles. The van der Waals surface area contributed by atoms with Crippen molar-refractivity contribution in [2.45, 2.75) is 70.1 Å². The van der Waals surface area contributed by atoms with Gasteiger partial charge in [-0.3, -0.25) is 14.1 Å². The van der Waals surface area contributed by atoms with Gasteiger partial charge in [0.2, 0.25) is 0 Å². The van der Waals surface area contributed by atoms with E-state index in [1.165, 1.54) is 0 Å². The highest BCUT2D eigenvalue weighted by Gasteiger charge is 2.36. The third-order valence-electron chi connectivity index (χ3n) is 3.02. The first-order valence-electron chi connectivity index (χ1n) is 7.10. The Hall–Kier alpha value is -1.15. The fourth-order valence-corrected chi connectivity index (χ4v) is 2.49. The quantitative estimate of drug-likeness (QED) is 0.441. The van der Waals surface area contributed by atoms with Crippen LogP contribution < -0.4 is 0 Å². The van der Waals surface area contributed by atoms with Crippen LogP contribution in [0.15, 0.2) is 0 Å². The van der Waals surface area contributed by atoms with Gasteiger partial charge in [-0.1, -0.05) is 39.5 Å². The number of carboxylic acid groups (broad SMARTS) is 1. The van der Waals surface area contributed by atoms with Crippen LogP contribution in [0.5, 0.6) is 0 Å². The Morgan fingerprint density at radius 1 is 1.10 bits per heavy atom. The Balaban J connectivity index is 4.84. The summed E-state index contributed by atoms with van der Waals surface area (Å²) in [5.41, 5.74) is 0. The first kappa shape index (κ1) is 19.9. The third kappa shape index (κ3) is 8.67. The molecule has 124 valence electrons. The lowest BCUT2D eigenvalue weighted by molar-refractivity contribution is -0.152. The van der Waals surface area contributed by atoms with Crippen LogP contribution in [-0.2, 0) is 24.4 Å². The van der Waals surface area contributed by atoms with E-state index in [9.17, 15) is 18.0 Å². The maximum absolute atomic E-state index is 11.8. The molecule has 8 heteroatoms. The molecule has 0 aromatic carbocycles. The molecule has 1 unspecified atom stereocenters. The largest absolute Gasteiger partial charge is 0.481 e. The van der Waals surface area contributed by atoms with Crippen molar-refractivity contribution in [2.75, 3.05) is 0 Å². The van der Waals surface area contributed by atoms with Crippen molar-refractivity contribution in [3.05, 3.63) is 0 Å². The van der Waals surface area contributed by atoms with Crippen LogP contribution in [0.2, 0.25) is 0 Å². The maximum Gasteiger partial charge on any atom is 0.327 e. The lowest BCUT2D eigenvalue weighted by Gasteiger charge is -2.20. The summed E-state index contributed by atoms with van der Waals surface area (Å²) in [4.78, 5) is 22.4. The summed E-state index contributed by atoms with van der Waals surface area (Å²) in [6.07, 6.45) is 3.16. The Morgan fingerprint density at radius 3 is 1.90 bits per heavy atom. The lowest BCUT2D eigenvalue weighted by Crippen LogP contribution is -2.36. The zero-order chi connectivity index (χ0) is 16.5. The number of carbonyl (C=O) groups is 2. The minimum atomic E-state index is -4.80. The molecule has 0 aliphatic carbocycles. The summed E-state index contributed by atoms with van der Waals surface area (Å²) in [6.45, 7) is 3.95. The predicted octanol–water partition coefficient (Wildman–Crippen LogP) is 2.01. The monoisotopic (exact) mass is 324 g/mol. The summed E-state index contributed by atoms with van der Waals surface area (Å²) >= 11 is 0. The summed E-state index contributed by atoms with van der Waals surface area (Å²) in [6, 6.07) is 0. The van der Waals surface area contributed by atoms with E-state index >= 15 is 0 Å². The molecule has 0 fully saturated rings. The Kier molecular flexibility index (Phi) is 9.19. The van der Waals surface area contributed by atoms with Gasteiger partial charge >= 0.3 is 11.9 Å². The number of carbonyl (C=O) groups excluding carboxylic acids is 1. The minimum Gasteiger partial charge on any atom is -0.481 e. The standard InChI is InChI=1S/C13H24O7S/c1-3-5-7-10(8-6-4-2)20-13(16)11(9-12(14)15)21(17,18)19/h10-11H,3-9H2,1-2H3,(H,14,15)(H,17,18,19). The number of ether oxygens (including phenoxy) is 1. The smallest absolute Gasteiger partial charge is 0.327 e. The molecule has 2 N–H and O–H groups in total. The molecule has 0 radical (unpaired) electrons. The molecule has 1 atom stereocenters. The summed E-state index contributed by atoms with van der Waals surface area (Å²) in [5, 5.41) is 6.56. The van der Waals surface area contributed by atoms with Gasteiger partial charge in [0.25, 0.3) is 10.1 Å². The highest BCUT2D eigenvalue weighted by molar-refractivity contribution is 7.87.